The third kappa shape index (κ3) is 4.36. The van der Waals surface area contributed by atoms with Gasteiger partial charge in [-0.1, -0.05) is 30.3 Å². The lowest BCUT2D eigenvalue weighted by molar-refractivity contribution is -0.153. The number of amides is 2. The highest BCUT2D eigenvalue weighted by atomic mass is 16.5. The highest BCUT2D eigenvalue weighted by Gasteiger charge is 2.44. The van der Waals surface area contributed by atoms with Gasteiger partial charge in [0, 0.05) is 31.6 Å². The molecule has 1 aliphatic rings. The van der Waals surface area contributed by atoms with Crippen molar-refractivity contribution in [2.75, 3.05) is 19.7 Å². The molecule has 2 aromatic heterocycles. The molecule has 3 heterocycles. The fraction of sp³-hybridized carbons (Fsp3) is 0.292. The van der Waals surface area contributed by atoms with Gasteiger partial charge in [-0.2, -0.15) is 0 Å². The lowest BCUT2D eigenvalue weighted by atomic mass is 9.90. The summed E-state index contributed by atoms with van der Waals surface area (Å²) in [6.45, 7) is 4.19. The Morgan fingerprint density at radius 2 is 1.91 bits per heavy atom. The average molecular weight is 431 g/mol. The first kappa shape index (κ1) is 21.6. The Morgan fingerprint density at radius 3 is 2.56 bits per heavy atom. The standard InChI is InChI=1S/C24H25N5O3/c1-16-21(14-27-17(2)28-16)22(30)29-10-11-32-24(15-29,23(25)31)12-18-5-7-19(8-6-18)20-4-3-9-26-13-20/h3-9,13-14H,10-12,15H2,1-2H3,(H2,25,31)/t24-/m0/s1. The highest BCUT2D eigenvalue weighted by molar-refractivity contribution is 5.96. The molecule has 2 N–H and O–H groups in total. The first-order valence-electron chi connectivity index (χ1n) is 10.4. The van der Waals surface area contributed by atoms with E-state index in [9.17, 15) is 9.59 Å². The molecular weight excluding hydrogens is 406 g/mol. The SMILES string of the molecule is Cc1ncc(C(=O)N2CCO[C@](Cc3ccc(-c4cccnc4)cc3)(C(N)=O)C2)c(C)n1. The summed E-state index contributed by atoms with van der Waals surface area (Å²) < 4.78 is 5.90. The summed E-state index contributed by atoms with van der Waals surface area (Å²) in [7, 11) is 0. The normalized spacial score (nSPS) is 18.4. The Kier molecular flexibility index (Phi) is 5.96. The molecule has 164 valence electrons. The molecule has 0 saturated carbocycles. The average Bonchev–Trinajstić information content (AvgIpc) is 2.80. The van der Waals surface area contributed by atoms with Crippen molar-refractivity contribution in [3.8, 4) is 11.1 Å². The van der Waals surface area contributed by atoms with E-state index in [-0.39, 0.29) is 25.5 Å². The van der Waals surface area contributed by atoms with E-state index in [1.54, 1.807) is 31.1 Å². The first-order chi connectivity index (χ1) is 15.4. The number of pyridine rings is 1. The molecule has 0 spiro atoms. The maximum Gasteiger partial charge on any atom is 0.257 e. The summed E-state index contributed by atoms with van der Waals surface area (Å²) in [6.07, 6.45) is 5.32. The third-order valence-corrected chi connectivity index (χ3v) is 5.69. The molecule has 0 unspecified atom stereocenters. The molecule has 1 saturated heterocycles. The number of hydrogen-bond donors (Lipinski definition) is 1. The summed E-state index contributed by atoms with van der Waals surface area (Å²) >= 11 is 0. The lowest BCUT2D eigenvalue weighted by Gasteiger charge is -2.40. The lowest BCUT2D eigenvalue weighted by Crippen LogP contribution is -2.61. The van der Waals surface area contributed by atoms with E-state index in [1.165, 1.54) is 6.20 Å². The molecule has 1 fully saturated rings. The van der Waals surface area contributed by atoms with Crippen LogP contribution in [0.15, 0.2) is 55.0 Å². The van der Waals surface area contributed by atoms with Gasteiger partial charge in [-0.25, -0.2) is 9.97 Å². The smallest absolute Gasteiger partial charge is 0.257 e. The molecule has 0 aliphatic carbocycles. The Bertz CT molecular complexity index is 1130. The zero-order chi connectivity index (χ0) is 22.7. The van der Waals surface area contributed by atoms with Gasteiger partial charge in [0.1, 0.15) is 5.82 Å². The van der Waals surface area contributed by atoms with Crippen molar-refractivity contribution in [3.63, 3.8) is 0 Å². The van der Waals surface area contributed by atoms with Gasteiger partial charge in [-0.05, 0) is 36.6 Å². The van der Waals surface area contributed by atoms with Crippen LogP contribution in [-0.4, -0.2) is 57.0 Å². The maximum absolute atomic E-state index is 13.1. The third-order valence-electron chi connectivity index (χ3n) is 5.69. The summed E-state index contributed by atoms with van der Waals surface area (Å²) in [5.41, 5.74) is 8.41. The van der Waals surface area contributed by atoms with Crippen LogP contribution in [0.5, 0.6) is 0 Å². The van der Waals surface area contributed by atoms with Crippen molar-refractivity contribution in [2.45, 2.75) is 25.9 Å². The molecule has 32 heavy (non-hydrogen) atoms. The van der Waals surface area contributed by atoms with E-state index in [1.807, 2.05) is 36.4 Å². The number of carbonyl (C=O) groups excluding carboxylic acids is 2. The van der Waals surface area contributed by atoms with Gasteiger partial charge in [0.05, 0.1) is 24.4 Å². The number of morpholine rings is 1. The van der Waals surface area contributed by atoms with Crippen LogP contribution in [0, 0.1) is 13.8 Å². The predicted octanol–water partition coefficient (Wildman–Crippen LogP) is 2.09. The Balaban J connectivity index is 1.55. The van der Waals surface area contributed by atoms with Gasteiger partial charge in [0.15, 0.2) is 5.60 Å². The number of aromatic nitrogens is 3. The second-order valence-corrected chi connectivity index (χ2v) is 7.97. The second-order valence-electron chi connectivity index (χ2n) is 7.97. The van der Waals surface area contributed by atoms with Gasteiger partial charge < -0.3 is 15.4 Å². The molecule has 1 aromatic carbocycles. The van der Waals surface area contributed by atoms with Crippen LogP contribution in [0.3, 0.4) is 0 Å². The fourth-order valence-corrected chi connectivity index (χ4v) is 3.94. The Hall–Kier alpha value is -3.65. The molecule has 3 aromatic rings. The number of carbonyl (C=O) groups is 2. The molecule has 1 aliphatic heterocycles. The monoisotopic (exact) mass is 431 g/mol. The van der Waals surface area contributed by atoms with Crippen LogP contribution < -0.4 is 5.73 Å². The highest BCUT2D eigenvalue weighted by Crippen LogP contribution is 2.26. The van der Waals surface area contributed by atoms with Crippen molar-refractivity contribution in [2.24, 2.45) is 5.73 Å². The minimum atomic E-state index is -1.30. The zero-order valence-electron chi connectivity index (χ0n) is 18.1. The quantitative estimate of drug-likeness (QED) is 0.662. The van der Waals surface area contributed by atoms with E-state index in [4.69, 9.17) is 10.5 Å². The Morgan fingerprint density at radius 1 is 1.12 bits per heavy atom. The van der Waals surface area contributed by atoms with Crippen LogP contribution in [0.4, 0.5) is 0 Å². The second kappa shape index (κ2) is 8.84. The number of benzene rings is 1. The van der Waals surface area contributed by atoms with Crippen molar-refractivity contribution >= 4 is 11.8 Å². The molecule has 2 amide bonds. The minimum absolute atomic E-state index is 0.0683. The van der Waals surface area contributed by atoms with Crippen molar-refractivity contribution in [3.05, 3.63) is 77.6 Å². The van der Waals surface area contributed by atoms with Gasteiger partial charge in [0.25, 0.3) is 11.8 Å². The topological polar surface area (TPSA) is 111 Å². The van der Waals surface area contributed by atoms with E-state index in [0.29, 0.717) is 23.6 Å². The number of aryl methyl sites for hydroxylation is 2. The number of primary amides is 1. The fourth-order valence-electron chi connectivity index (χ4n) is 3.94. The van der Waals surface area contributed by atoms with E-state index < -0.39 is 11.5 Å². The molecule has 0 bridgehead atoms. The van der Waals surface area contributed by atoms with Gasteiger partial charge in [0.2, 0.25) is 0 Å². The zero-order valence-corrected chi connectivity index (χ0v) is 18.1. The van der Waals surface area contributed by atoms with Crippen molar-refractivity contribution < 1.29 is 14.3 Å². The number of nitrogens with zero attached hydrogens (tertiary/aromatic N) is 4. The van der Waals surface area contributed by atoms with Gasteiger partial charge in [-0.15, -0.1) is 0 Å². The summed E-state index contributed by atoms with van der Waals surface area (Å²) in [5, 5.41) is 0. The summed E-state index contributed by atoms with van der Waals surface area (Å²) in [4.78, 5) is 39.8. The molecule has 1 atom stereocenters. The van der Waals surface area contributed by atoms with Crippen LogP contribution >= 0.6 is 0 Å². The maximum atomic E-state index is 13.1. The molecule has 4 rings (SSSR count). The van der Waals surface area contributed by atoms with Crippen LogP contribution in [0.25, 0.3) is 11.1 Å². The molecule has 0 radical (unpaired) electrons. The summed E-state index contributed by atoms with van der Waals surface area (Å²) in [5.74, 6) is -0.228. The van der Waals surface area contributed by atoms with E-state index in [2.05, 4.69) is 15.0 Å². The Labute approximate surface area is 186 Å². The summed E-state index contributed by atoms with van der Waals surface area (Å²) in [6, 6.07) is 11.7. The predicted molar refractivity (Wildman–Crippen MR) is 119 cm³/mol. The van der Waals surface area contributed by atoms with Crippen molar-refractivity contribution in [1.82, 2.24) is 19.9 Å². The van der Waals surface area contributed by atoms with Gasteiger partial charge >= 0.3 is 0 Å². The number of hydrogen-bond acceptors (Lipinski definition) is 6. The largest absolute Gasteiger partial charge is 0.367 e. The number of ether oxygens (including phenoxy) is 1. The first-order valence-corrected chi connectivity index (χ1v) is 10.4. The molecular formula is C24H25N5O3. The van der Waals surface area contributed by atoms with E-state index in [0.717, 1.165) is 16.7 Å². The van der Waals surface area contributed by atoms with Gasteiger partial charge in [-0.3, -0.25) is 14.6 Å². The number of rotatable bonds is 5. The number of nitrogens with two attached hydrogens (primary N) is 1. The van der Waals surface area contributed by atoms with Crippen LogP contribution in [0.2, 0.25) is 0 Å². The van der Waals surface area contributed by atoms with E-state index >= 15 is 0 Å². The molecule has 8 nitrogen and oxygen atoms in total. The molecule has 8 heteroatoms. The van der Waals surface area contributed by atoms with Crippen LogP contribution in [-0.2, 0) is 16.0 Å². The van der Waals surface area contributed by atoms with Crippen LogP contribution in [0.1, 0.15) is 27.4 Å². The van der Waals surface area contributed by atoms with Crippen molar-refractivity contribution in [1.29, 1.82) is 0 Å². The minimum Gasteiger partial charge on any atom is -0.367 e.